The van der Waals surface area contributed by atoms with Crippen LogP contribution in [-0.2, 0) is 33.2 Å². The molecule has 0 aromatic heterocycles. The lowest BCUT2D eigenvalue weighted by Gasteiger charge is -2.48. The Morgan fingerprint density at radius 1 is 0.314 bits per heavy atom. The van der Waals surface area contributed by atoms with Gasteiger partial charge in [-0.3, -0.25) is 4.79 Å². The lowest BCUT2D eigenvalue weighted by Crippen LogP contribution is -2.66. The summed E-state index contributed by atoms with van der Waals surface area (Å²) in [5.41, 5.74) is 0. The van der Waals surface area contributed by atoms with Crippen molar-refractivity contribution < 1.29 is 89.4 Å². The summed E-state index contributed by atoms with van der Waals surface area (Å²) in [4.78, 5) is 13.5. The van der Waals surface area contributed by atoms with Crippen molar-refractivity contribution in [2.75, 3.05) is 26.4 Å². The fourth-order valence-electron chi connectivity index (χ4n) is 15.3. The van der Waals surface area contributed by atoms with Gasteiger partial charge in [-0.05, 0) is 12.8 Å². The molecule has 12 N–H and O–H groups in total. The number of unbranched alkanes of at least 4 members (excludes halogenated alkanes) is 55. The zero-order chi connectivity index (χ0) is 73.9. The predicted molar refractivity (Wildman–Crippen MR) is 407 cm³/mol. The van der Waals surface area contributed by atoms with E-state index in [-0.39, 0.29) is 18.9 Å². The number of hydrogen-bond donors (Lipinski definition) is 12. The lowest BCUT2D eigenvalue weighted by molar-refractivity contribution is -0.379. The molecule has 3 aliphatic rings. The summed E-state index contributed by atoms with van der Waals surface area (Å²) >= 11 is 0. The van der Waals surface area contributed by atoms with Crippen molar-refractivity contribution in [3.05, 3.63) is 0 Å². The normalized spacial score (nSPS) is 26.1. The highest BCUT2D eigenvalue weighted by atomic mass is 16.8. The summed E-state index contributed by atoms with van der Waals surface area (Å²) in [5, 5.41) is 121. The fraction of sp³-hybridized carbons (Fsp3) is 0.988. The van der Waals surface area contributed by atoms with Gasteiger partial charge < -0.3 is 89.9 Å². The standard InChI is InChI=1S/C83H161NO18/c1-3-5-7-9-11-13-15-17-19-21-23-25-27-29-31-32-33-35-36-38-40-42-44-46-48-50-52-54-56-58-60-67(88)66(84-71(89)61-59-57-55-53-51-49-47-45-43-41-39-37-34-30-28-26-24-22-20-18-16-14-12-10-8-6-4-2)65-97-81-77(95)74(92)79(69(63-86)99-81)102-83-78(96)75(93)80(70(64-87)100-83)101-82-76(94)73(91)72(90)68(62-85)98-82/h66-70,72-83,85-88,90-96H,3-65H2,1-2H3,(H,84,89). The first-order valence-electron chi connectivity index (χ1n) is 43.3. The molecule has 0 aliphatic carbocycles. The molecule has 1 amide bonds. The second-order valence-corrected chi connectivity index (χ2v) is 31.4. The third-order valence-electron chi connectivity index (χ3n) is 22.2. The second kappa shape index (κ2) is 64.6. The summed E-state index contributed by atoms with van der Waals surface area (Å²) < 4.78 is 34.6. The van der Waals surface area contributed by atoms with E-state index in [0.29, 0.717) is 12.8 Å². The minimum Gasteiger partial charge on any atom is -0.394 e. The van der Waals surface area contributed by atoms with Crippen LogP contribution in [0.4, 0.5) is 0 Å². The Labute approximate surface area is 621 Å². The molecule has 0 bridgehead atoms. The Balaban J connectivity index is 1.34. The van der Waals surface area contributed by atoms with Crippen molar-refractivity contribution in [1.82, 2.24) is 5.32 Å². The first-order valence-corrected chi connectivity index (χ1v) is 43.3. The number of carbonyl (C=O) groups is 1. The monoisotopic (exact) mass is 1460 g/mol. The molecule has 17 atom stereocenters. The molecule has 3 fully saturated rings. The van der Waals surface area contributed by atoms with Gasteiger partial charge in [0, 0.05) is 6.42 Å². The van der Waals surface area contributed by atoms with E-state index >= 15 is 0 Å². The van der Waals surface area contributed by atoms with Gasteiger partial charge in [-0.1, -0.05) is 373 Å². The van der Waals surface area contributed by atoms with E-state index in [9.17, 15) is 61.0 Å². The van der Waals surface area contributed by atoms with E-state index in [4.69, 9.17) is 28.4 Å². The number of carbonyl (C=O) groups excluding carboxylic acids is 1. The molecule has 19 heteroatoms. The number of hydrogen-bond acceptors (Lipinski definition) is 18. The van der Waals surface area contributed by atoms with Gasteiger partial charge in [0.25, 0.3) is 0 Å². The van der Waals surface area contributed by atoms with Crippen LogP contribution in [0.1, 0.15) is 393 Å². The van der Waals surface area contributed by atoms with E-state index in [1.807, 2.05) is 0 Å². The Hall–Kier alpha value is -1.21. The van der Waals surface area contributed by atoms with Crippen molar-refractivity contribution in [3.63, 3.8) is 0 Å². The smallest absolute Gasteiger partial charge is 0.220 e. The first-order chi connectivity index (χ1) is 49.8. The zero-order valence-electron chi connectivity index (χ0n) is 65.1. The highest BCUT2D eigenvalue weighted by Gasteiger charge is 2.54. The van der Waals surface area contributed by atoms with Gasteiger partial charge >= 0.3 is 0 Å². The van der Waals surface area contributed by atoms with Gasteiger partial charge in [0.15, 0.2) is 18.9 Å². The summed E-state index contributed by atoms with van der Waals surface area (Å²) in [6.45, 7) is 1.89. The van der Waals surface area contributed by atoms with Crippen LogP contribution in [0, 0.1) is 0 Å². The summed E-state index contributed by atoms with van der Waals surface area (Å²) in [5.74, 6) is -0.231. The van der Waals surface area contributed by atoms with Gasteiger partial charge in [-0.15, -0.1) is 0 Å². The molecule has 606 valence electrons. The molecule has 102 heavy (non-hydrogen) atoms. The molecular formula is C83H161NO18. The van der Waals surface area contributed by atoms with Gasteiger partial charge in [-0.2, -0.15) is 0 Å². The molecular weight excluding hydrogens is 1300 g/mol. The van der Waals surface area contributed by atoms with E-state index in [1.165, 1.54) is 315 Å². The van der Waals surface area contributed by atoms with Crippen LogP contribution in [0.25, 0.3) is 0 Å². The second-order valence-electron chi connectivity index (χ2n) is 31.4. The van der Waals surface area contributed by atoms with Crippen LogP contribution in [0.2, 0.25) is 0 Å². The van der Waals surface area contributed by atoms with Crippen LogP contribution in [0.5, 0.6) is 0 Å². The molecule has 0 radical (unpaired) electrons. The number of amides is 1. The molecule has 0 saturated carbocycles. The highest BCUT2D eigenvalue weighted by molar-refractivity contribution is 5.76. The summed E-state index contributed by atoms with van der Waals surface area (Å²) in [6, 6.07) is -0.884. The van der Waals surface area contributed by atoms with Crippen molar-refractivity contribution >= 4 is 5.91 Å². The molecule has 0 spiro atoms. The summed E-state index contributed by atoms with van der Waals surface area (Å²) in [7, 11) is 0. The van der Waals surface area contributed by atoms with Crippen LogP contribution in [-0.4, -0.2) is 193 Å². The number of rotatable bonds is 71. The van der Waals surface area contributed by atoms with Crippen molar-refractivity contribution in [2.24, 2.45) is 0 Å². The average molecular weight is 1460 g/mol. The van der Waals surface area contributed by atoms with Gasteiger partial charge in [0.2, 0.25) is 5.91 Å². The maximum Gasteiger partial charge on any atom is 0.220 e. The Bertz CT molecular complexity index is 1840. The van der Waals surface area contributed by atoms with Crippen molar-refractivity contribution in [1.29, 1.82) is 0 Å². The van der Waals surface area contributed by atoms with Gasteiger partial charge in [0.1, 0.15) is 73.2 Å². The number of nitrogens with one attached hydrogen (secondary N) is 1. The van der Waals surface area contributed by atoms with Crippen LogP contribution < -0.4 is 5.32 Å². The first kappa shape index (κ1) is 95.0. The minimum atomic E-state index is -1.97. The third-order valence-corrected chi connectivity index (χ3v) is 22.2. The van der Waals surface area contributed by atoms with E-state index in [0.717, 1.165) is 44.9 Å². The van der Waals surface area contributed by atoms with E-state index in [2.05, 4.69) is 19.2 Å². The highest BCUT2D eigenvalue weighted by Crippen LogP contribution is 2.34. The van der Waals surface area contributed by atoms with E-state index < -0.39 is 124 Å². The van der Waals surface area contributed by atoms with Crippen molar-refractivity contribution in [3.8, 4) is 0 Å². The number of aliphatic hydroxyl groups excluding tert-OH is 11. The third kappa shape index (κ3) is 43.8. The Morgan fingerprint density at radius 2 is 0.559 bits per heavy atom. The minimum absolute atomic E-state index is 0.231. The summed E-state index contributed by atoms with van der Waals surface area (Å²) in [6.07, 6.45) is 49.2. The average Bonchev–Trinajstić information content (AvgIpc) is 0.767. The maximum absolute atomic E-state index is 13.5. The molecule has 0 aromatic carbocycles. The molecule has 17 unspecified atom stereocenters. The predicted octanol–water partition coefficient (Wildman–Crippen LogP) is 15.4. The molecule has 3 aliphatic heterocycles. The quantitative estimate of drug-likeness (QED) is 0.0252. The lowest BCUT2D eigenvalue weighted by atomic mass is 9.96. The van der Waals surface area contributed by atoms with Gasteiger partial charge in [-0.25, -0.2) is 0 Å². The van der Waals surface area contributed by atoms with Crippen LogP contribution in [0.3, 0.4) is 0 Å². The Kier molecular flexibility index (Phi) is 60.2. The fourth-order valence-corrected chi connectivity index (χ4v) is 15.3. The molecule has 3 saturated heterocycles. The van der Waals surface area contributed by atoms with Crippen LogP contribution in [0.15, 0.2) is 0 Å². The number of aliphatic hydroxyl groups is 11. The molecule has 3 heterocycles. The maximum atomic E-state index is 13.5. The van der Waals surface area contributed by atoms with Gasteiger partial charge in [0.05, 0.1) is 38.6 Å². The SMILES string of the molecule is CCCCCCCCCCCCCCCCCCCCCCCCCCCCCCCCC(O)C(COC1OC(CO)C(OC2OC(CO)C(OC3OC(CO)C(O)C(O)C3O)C(O)C2O)C(O)C1O)NC(=O)CCCCCCCCCCCCCCCCCCCCCCCCCCCCC. The largest absolute Gasteiger partial charge is 0.394 e. The molecule has 0 aromatic rings. The number of ether oxygens (including phenoxy) is 6. The topological polar surface area (TPSA) is 307 Å². The van der Waals surface area contributed by atoms with Crippen LogP contribution >= 0.6 is 0 Å². The zero-order valence-corrected chi connectivity index (χ0v) is 65.1. The Morgan fingerprint density at radius 3 is 0.853 bits per heavy atom. The van der Waals surface area contributed by atoms with E-state index in [1.54, 1.807) is 0 Å². The van der Waals surface area contributed by atoms with Crippen molar-refractivity contribution in [2.45, 2.75) is 497 Å². The molecule has 19 nitrogen and oxygen atoms in total. The molecule has 3 rings (SSSR count).